The lowest BCUT2D eigenvalue weighted by molar-refractivity contribution is 1.12. The van der Waals surface area contributed by atoms with Crippen molar-refractivity contribution in [3.63, 3.8) is 0 Å². The molecule has 0 radical (unpaired) electrons. The molecule has 0 saturated heterocycles. The van der Waals surface area contributed by atoms with E-state index in [2.05, 4.69) is 169 Å². The molecule has 2 aromatic heterocycles. The zero-order valence-corrected chi connectivity index (χ0v) is 28.3. The van der Waals surface area contributed by atoms with Gasteiger partial charge in [-0.2, -0.15) is 0 Å². The topological polar surface area (TPSA) is 58.9 Å². The predicted octanol–water partition coefficient (Wildman–Crippen LogP) is 11.2. The minimum atomic E-state index is 0.778. The van der Waals surface area contributed by atoms with Crippen LogP contribution in [-0.4, -0.2) is 17.0 Å². The van der Waals surface area contributed by atoms with Crippen molar-refractivity contribution in [3.8, 4) is 0 Å². The number of aryl methyl sites for hydroxylation is 4. The van der Waals surface area contributed by atoms with Gasteiger partial charge < -0.3 is 25.5 Å². The first-order valence-corrected chi connectivity index (χ1v) is 16.8. The van der Waals surface area contributed by atoms with Crippen molar-refractivity contribution in [2.75, 3.05) is 22.6 Å². The molecule has 6 aromatic carbocycles. The van der Waals surface area contributed by atoms with Crippen LogP contribution in [0.1, 0.15) is 33.4 Å². The molecule has 4 N–H and O–H groups in total. The zero-order valence-electron chi connectivity index (χ0n) is 28.3. The number of rotatable bonds is 8. The molecule has 0 unspecified atom stereocenters. The number of aromatic amines is 2. The van der Waals surface area contributed by atoms with Crippen LogP contribution in [0.5, 0.6) is 0 Å². The zero-order chi connectivity index (χ0) is 32.9. The third kappa shape index (κ3) is 5.12. The summed E-state index contributed by atoms with van der Waals surface area (Å²) in [6.07, 6.45) is 0. The molecule has 238 valence electrons. The Bertz CT molecular complexity index is 2270. The minimum Gasteiger partial charge on any atom is -0.381 e. The van der Waals surface area contributed by atoms with Crippen LogP contribution in [0.25, 0.3) is 43.6 Å². The van der Waals surface area contributed by atoms with Crippen molar-refractivity contribution in [2.24, 2.45) is 0 Å². The number of hydrogen-bond acceptors (Lipinski definition) is 3. The van der Waals surface area contributed by atoms with Crippen LogP contribution in [0.4, 0.5) is 22.7 Å². The highest BCUT2D eigenvalue weighted by atomic mass is 15.1. The van der Waals surface area contributed by atoms with Crippen molar-refractivity contribution in [3.05, 3.63) is 143 Å². The van der Waals surface area contributed by atoms with E-state index >= 15 is 0 Å². The molecule has 0 aliphatic rings. The molecule has 5 nitrogen and oxygen atoms in total. The van der Waals surface area contributed by atoms with Gasteiger partial charge in [0.05, 0.1) is 0 Å². The lowest BCUT2D eigenvalue weighted by atomic mass is 9.98. The first kappa shape index (κ1) is 29.7. The third-order valence-electron chi connectivity index (χ3n) is 10.2. The molecule has 2 heterocycles. The van der Waals surface area contributed by atoms with E-state index in [-0.39, 0.29) is 0 Å². The number of fused-ring (bicyclic) bond motifs is 6. The summed E-state index contributed by atoms with van der Waals surface area (Å²) in [6.45, 7) is 10.4. The van der Waals surface area contributed by atoms with Crippen LogP contribution in [0.3, 0.4) is 0 Å². The SMILES string of the molecule is Cc1cc(CNc2ccc(N(C)c3ccc(NCc4cc(C)c5[nH]c6ccccc6c5c4C)cc3)cc2)c(C)c2c1[nH]c1ccccc12. The fourth-order valence-electron chi connectivity index (χ4n) is 7.38. The maximum absolute atomic E-state index is 3.66. The number of nitrogens with one attached hydrogen (secondary N) is 4. The number of para-hydroxylation sites is 2. The quantitative estimate of drug-likeness (QED) is 0.136. The molecule has 0 saturated carbocycles. The molecule has 8 aromatic rings. The first-order valence-electron chi connectivity index (χ1n) is 16.8. The molecule has 0 aliphatic heterocycles. The van der Waals surface area contributed by atoms with Crippen molar-refractivity contribution in [1.82, 2.24) is 9.97 Å². The lowest BCUT2D eigenvalue weighted by Gasteiger charge is -2.21. The average molecular weight is 628 g/mol. The summed E-state index contributed by atoms with van der Waals surface area (Å²) in [5.41, 5.74) is 17.2. The van der Waals surface area contributed by atoms with Gasteiger partial charge in [0, 0.05) is 86.5 Å². The molecular weight excluding hydrogens is 587 g/mol. The van der Waals surface area contributed by atoms with Gasteiger partial charge in [-0.3, -0.25) is 0 Å². The summed E-state index contributed by atoms with van der Waals surface area (Å²) < 4.78 is 0. The number of nitrogens with zero attached hydrogens (tertiary/aromatic N) is 1. The Hall–Kier alpha value is -5.68. The molecule has 0 atom stereocenters. The second-order valence-corrected chi connectivity index (χ2v) is 13.2. The number of hydrogen-bond donors (Lipinski definition) is 4. The van der Waals surface area contributed by atoms with Crippen LogP contribution in [-0.2, 0) is 13.1 Å². The summed E-state index contributed by atoms with van der Waals surface area (Å²) in [6, 6.07) is 39.2. The van der Waals surface area contributed by atoms with Crippen LogP contribution in [0, 0.1) is 27.7 Å². The largest absolute Gasteiger partial charge is 0.381 e. The van der Waals surface area contributed by atoms with Crippen molar-refractivity contribution >= 4 is 66.4 Å². The summed E-state index contributed by atoms with van der Waals surface area (Å²) >= 11 is 0. The molecule has 0 fully saturated rings. The van der Waals surface area contributed by atoms with Crippen LogP contribution >= 0.6 is 0 Å². The van der Waals surface area contributed by atoms with Crippen LogP contribution in [0.2, 0.25) is 0 Å². The summed E-state index contributed by atoms with van der Waals surface area (Å²) in [7, 11) is 2.12. The predicted molar refractivity (Wildman–Crippen MR) is 206 cm³/mol. The maximum atomic E-state index is 3.66. The molecule has 5 heteroatoms. The van der Waals surface area contributed by atoms with Gasteiger partial charge in [-0.1, -0.05) is 48.5 Å². The number of benzene rings is 6. The Morgan fingerprint density at radius 1 is 0.521 bits per heavy atom. The molecule has 0 bridgehead atoms. The highest BCUT2D eigenvalue weighted by Gasteiger charge is 2.14. The van der Waals surface area contributed by atoms with Gasteiger partial charge in [0.25, 0.3) is 0 Å². The van der Waals surface area contributed by atoms with Gasteiger partial charge in [0.15, 0.2) is 0 Å². The van der Waals surface area contributed by atoms with Gasteiger partial charge >= 0.3 is 0 Å². The second kappa shape index (κ2) is 11.8. The number of aromatic nitrogens is 2. The van der Waals surface area contributed by atoms with Crippen LogP contribution < -0.4 is 15.5 Å². The monoisotopic (exact) mass is 627 g/mol. The van der Waals surface area contributed by atoms with Gasteiger partial charge in [-0.05, 0) is 122 Å². The van der Waals surface area contributed by atoms with E-state index in [1.165, 1.54) is 77.0 Å². The average Bonchev–Trinajstić information content (AvgIpc) is 3.71. The number of H-pyrrole nitrogens is 2. The Labute approximate surface area is 281 Å². The smallest absolute Gasteiger partial charge is 0.0497 e. The fraction of sp³-hybridized carbons (Fsp3) is 0.163. The molecule has 48 heavy (non-hydrogen) atoms. The fourth-order valence-corrected chi connectivity index (χ4v) is 7.38. The Kier molecular flexibility index (Phi) is 7.33. The van der Waals surface area contributed by atoms with E-state index in [9.17, 15) is 0 Å². The Morgan fingerprint density at radius 3 is 1.33 bits per heavy atom. The van der Waals surface area contributed by atoms with Crippen molar-refractivity contribution in [2.45, 2.75) is 40.8 Å². The third-order valence-corrected chi connectivity index (χ3v) is 10.2. The van der Waals surface area contributed by atoms with E-state index in [1.54, 1.807) is 0 Å². The molecule has 0 amide bonds. The maximum Gasteiger partial charge on any atom is 0.0497 e. The van der Waals surface area contributed by atoms with E-state index in [4.69, 9.17) is 0 Å². The molecule has 8 rings (SSSR count). The second-order valence-electron chi connectivity index (χ2n) is 13.2. The number of anilines is 4. The Balaban J connectivity index is 0.932. The lowest BCUT2D eigenvalue weighted by Crippen LogP contribution is -2.10. The van der Waals surface area contributed by atoms with E-state index in [0.29, 0.717) is 0 Å². The van der Waals surface area contributed by atoms with Gasteiger partial charge in [-0.15, -0.1) is 0 Å². The first-order chi connectivity index (χ1) is 23.4. The van der Waals surface area contributed by atoms with Gasteiger partial charge in [0.2, 0.25) is 0 Å². The highest BCUT2D eigenvalue weighted by Crippen LogP contribution is 2.34. The Morgan fingerprint density at radius 2 is 0.917 bits per heavy atom. The normalized spacial score (nSPS) is 11.6. The molecule has 0 spiro atoms. The standard InChI is InChI=1S/C43H41N5/c1-26-22-30(28(3)40-36-10-6-8-12-38(36)46-42(26)40)24-44-32-14-18-34(19-15-32)48(5)35-20-16-33(17-21-35)45-25-31-23-27(2)43-41(29(31)4)37-11-7-9-13-39(37)47-43/h6-23,44-47H,24-25H2,1-5H3. The van der Waals surface area contributed by atoms with Gasteiger partial charge in [0.1, 0.15) is 0 Å². The van der Waals surface area contributed by atoms with E-state index in [0.717, 1.165) is 35.8 Å². The van der Waals surface area contributed by atoms with Gasteiger partial charge in [-0.25, -0.2) is 0 Å². The summed E-state index contributed by atoms with van der Waals surface area (Å²) in [4.78, 5) is 9.46. The molecular formula is C43H41N5. The van der Waals surface area contributed by atoms with E-state index < -0.39 is 0 Å². The summed E-state index contributed by atoms with van der Waals surface area (Å²) in [5, 5.41) is 12.6. The highest BCUT2D eigenvalue weighted by molar-refractivity contribution is 6.11. The van der Waals surface area contributed by atoms with Crippen LogP contribution in [0.15, 0.2) is 109 Å². The van der Waals surface area contributed by atoms with Crippen molar-refractivity contribution < 1.29 is 0 Å². The molecule has 0 aliphatic carbocycles. The van der Waals surface area contributed by atoms with Crippen molar-refractivity contribution in [1.29, 1.82) is 0 Å². The summed E-state index contributed by atoms with van der Waals surface area (Å²) in [5.74, 6) is 0. The minimum absolute atomic E-state index is 0.778. The van der Waals surface area contributed by atoms with E-state index in [1.807, 2.05) is 0 Å².